The van der Waals surface area contributed by atoms with Crippen LogP contribution in [0.4, 0.5) is 0 Å². The molecule has 0 aromatic heterocycles. The number of hydrogen-bond donors (Lipinski definition) is 2. The molecule has 3 N–H and O–H groups in total. The Balaban J connectivity index is 2.14. The predicted octanol–water partition coefficient (Wildman–Crippen LogP) is 3.40. The van der Waals surface area contributed by atoms with Crippen LogP contribution >= 0.6 is 11.6 Å². The summed E-state index contributed by atoms with van der Waals surface area (Å²) in [6, 6.07) is 16.4. The van der Waals surface area contributed by atoms with Gasteiger partial charge in [0.1, 0.15) is 0 Å². The first-order chi connectivity index (χ1) is 8.69. The van der Waals surface area contributed by atoms with Crippen molar-refractivity contribution in [2.24, 2.45) is 5.84 Å². The minimum Gasteiger partial charge on any atom is -0.271 e. The molecule has 2 rings (SSSR count). The van der Waals surface area contributed by atoms with Crippen LogP contribution in [0.2, 0.25) is 5.02 Å². The van der Waals surface area contributed by atoms with Gasteiger partial charge in [0.05, 0.1) is 0 Å². The van der Waals surface area contributed by atoms with E-state index in [1.807, 2.05) is 24.3 Å². The molecule has 0 radical (unpaired) electrons. The fraction of sp³-hybridized carbons (Fsp3) is 0.200. The monoisotopic (exact) mass is 260 g/mol. The van der Waals surface area contributed by atoms with Crippen molar-refractivity contribution in [1.82, 2.24) is 5.43 Å². The minimum absolute atomic E-state index is 0.102. The number of nitrogens with one attached hydrogen (secondary N) is 1. The maximum atomic E-state index is 5.89. The smallest absolute Gasteiger partial charge is 0.0500 e. The van der Waals surface area contributed by atoms with Gasteiger partial charge in [0.2, 0.25) is 0 Å². The van der Waals surface area contributed by atoms with E-state index in [2.05, 4.69) is 36.6 Å². The molecule has 1 atom stereocenters. The lowest BCUT2D eigenvalue weighted by molar-refractivity contribution is 0.552. The number of hydrazine groups is 1. The van der Waals surface area contributed by atoms with E-state index < -0.39 is 0 Å². The number of aryl methyl sites for hydroxylation is 1. The summed E-state index contributed by atoms with van der Waals surface area (Å²) in [6.07, 6.45) is 0.860. The number of nitrogens with two attached hydrogens (primary N) is 1. The Morgan fingerprint density at radius 1 is 1.06 bits per heavy atom. The molecular formula is C15H17ClN2. The van der Waals surface area contributed by atoms with Crippen molar-refractivity contribution >= 4 is 11.6 Å². The van der Waals surface area contributed by atoms with E-state index >= 15 is 0 Å². The van der Waals surface area contributed by atoms with Crippen LogP contribution in [-0.4, -0.2) is 0 Å². The maximum Gasteiger partial charge on any atom is 0.0500 e. The van der Waals surface area contributed by atoms with Gasteiger partial charge in [-0.25, -0.2) is 0 Å². The highest BCUT2D eigenvalue weighted by Gasteiger charge is 2.10. The third kappa shape index (κ3) is 3.33. The van der Waals surface area contributed by atoms with Gasteiger partial charge in [-0.15, -0.1) is 0 Å². The van der Waals surface area contributed by atoms with Crippen molar-refractivity contribution < 1.29 is 0 Å². The second-order valence-corrected chi connectivity index (χ2v) is 4.90. The summed E-state index contributed by atoms with van der Waals surface area (Å²) < 4.78 is 0. The highest BCUT2D eigenvalue weighted by atomic mass is 35.5. The average Bonchev–Trinajstić information content (AvgIpc) is 2.39. The van der Waals surface area contributed by atoms with Gasteiger partial charge in [0, 0.05) is 11.1 Å². The van der Waals surface area contributed by atoms with Crippen LogP contribution in [0.15, 0.2) is 48.5 Å². The van der Waals surface area contributed by atoms with Gasteiger partial charge >= 0.3 is 0 Å². The van der Waals surface area contributed by atoms with E-state index in [0.717, 1.165) is 17.0 Å². The molecule has 2 aromatic rings. The third-order valence-corrected chi connectivity index (χ3v) is 3.29. The van der Waals surface area contributed by atoms with E-state index in [0.29, 0.717) is 0 Å². The standard InChI is InChI=1S/C15H17ClN2/c1-11-2-4-12(5-3-11)10-15(18-17)13-6-8-14(16)9-7-13/h2-9,15,18H,10,17H2,1H3. The normalized spacial score (nSPS) is 12.4. The molecule has 0 bridgehead atoms. The second kappa shape index (κ2) is 6.01. The first-order valence-corrected chi connectivity index (χ1v) is 6.34. The fourth-order valence-corrected chi connectivity index (χ4v) is 2.05. The number of halogens is 1. The van der Waals surface area contributed by atoms with Gasteiger partial charge in [-0.05, 0) is 36.6 Å². The minimum atomic E-state index is 0.102. The third-order valence-electron chi connectivity index (χ3n) is 3.03. The summed E-state index contributed by atoms with van der Waals surface area (Å²) >= 11 is 5.89. The van der Waals surface area contributed by atoms with Crippen molar-refractivity contribution in [3.8, 4) is 0 Å². The van der Waals surface area contributed by atoms with E-state index in [-0.39, 0.29) is 6.04 Å². The lowest BCUT2D eigenvalue weighted by Gasteiger charge is -2.16. The molecule has 3 heteroatoms. The highest BCUT2D eigenvalue weighted by Crippen LogP contribution is 2.20. The number of hydrogen-bond acceptors (Lipinski definition) is 2. The van der Waals surface area contributed by atoms with Crippen LogP contribution in [0.5, 0.6) is 0 Å². The van der Waals surface area contributed by atoms with Gasteiger partial charge in [-0.2, -0.15) is 0 Å². The van der Waals surface area contributed by atoms with Crippen LogP contribution in [0.1, 0.15) is 22.7 Å². The Morgan fingerprint density at radius 2 is 1.67 bits per heavy atom. The van der Waals surface area contributed by atoms with Crippen molar-refractivity contribution in [2.75, 3.05) is 0 Å². The van der Waals surface area contributed by atoms with Gasteiger partial charge in [-0.1, -0.05) is 53.6 Å². The first-order valence-electron chi connectivity index (χ1n) is 5.96. The Hall–Kier alpha value is -1.35. The molecule has 1 unspecified atom stereocenters. The maximum absolute atomic E-state index is 5.89. The van der Waals surface area contributed by atoms with Crippen LogP contribution in [0, 0.1) is 6.92 Å². The van der Waals surface area contributed by atoms with Gasteiger partial charge in [0.15, 0.2) is 0 Å². The topological polar surface area (TPSA) is 38.0 Å². The molecule has 2 nitrogen and oxygen atoms in total. The quantitative estimate of drug-likeness (QED) is 0.653. The summed E-state index contributed by atoms with van der Waals surface area (Å²) in [5, 5.41) is 0.741. The zero-order chi connectivity index (χ0) is 13.0. The summed E-state index contributed by atoms with van der Waals surface area (Å²) in [6.45, 7) is 2.08. The van der Waals surface area contributed by atoms with E-state index in [1.165, 1.54) is 11.1 Å². The molecule has 94 valence electrons. The largest absolute Gasteiger partial charge is 0.271 e. The van der Waals surface area contributed by atoms with Crippen LogP contribution in [0.3, 0.4) is 0 Å². The summed E-state index contributed by atoms with van der Waals surface area (Å²) in [7, 11) is 0. The number of rotatable bonds is 4. The predicted molar refractivity (Wildman–Crippen MR) is 76.4 cm³/mol. The Bertz CT molecular complexity index is 491. The van der Waals surface area contributed by atoms with Gasteiger partial charge in [0.25, 0.3) is 0 Å². The zero-order valence-electron chi connectivity index (χ0n) is 10.4. The Morgan fingerprint density at radius 3 is 2.22 bits per heavy atom. The lowest BCUT2D eigenvalue weighted by Crippen LogP contribution is -2.29. The SMILES string of the molecule is Cc1ccc(CC(NN)c2ccc(Cl)cc2)cc1. The molecule has 18 heavy (non-hydrogen) atoms. The Labute approximate surface area is 113 Å². The molecule has 0 amide bonds. The summed E-state index contributed by atoms with van der Waals surface area (Å²) in [4.78, 5) is 0. The molecule has 0 heterocycles. The molecule has 0 saturated carbocycles. The Kier molecular flexibility index (Phi) is 4.37. The van der Waals surface area contributed by atoms with Crippen molar-refractivity contribution in [2.45, 2.75) is 19.4 Å². The van der Waals surface area contributed by atoms with Crippen molar-refractivity contribution in [1.29, 1.82) is 0 Å². The summed E-state index contributed by atoms with van der Waals surface area (Å²) in [5.41, 5.74) is 6.53. The highest BCUT2D eigenvalue weighted by molar-refractivity contribution is 6.30. The van der Waals surface area contributed by atoms with Crippen molar-refractivity contribution in [3.63, 3.8) is 0 Å². The van der Waals surface area contributed by atoms with Crippen LogP contribution < -0.4 is 11.3 Å². The van der Waals surface area contributed by atoms with E-state index in [4.69, 9.17) is 17.4 Å². The number of benzene rings is 2. The first kappa shape index (κ1) is 13.1. The second-order valence-electron chi connectivity index (χ2n) is 4.46. The molecule has 0 aliphatic rings. The average molecular weight is 261 g/mol. The summed E-state index contributed by atoms with van der Waals surface area (Å²) in [5.74, 6) is 5.64. The molecule has 0 aliphatic carbocycles. The van der Waals surface area contributed by atoms with Crippen LogP contribution in [0.25, 0.3) is 0 Å². The lowest BCUT2D eigenvalue weighted by atomic mass is 9.99. The van der Waals surface area contributed by atoms with Crippen LogP contribution in [-0.2, 0) is 6.42 Å². The molecule has 0 saturated heterocycles. The molecule has 0 aliphatic heterocycles. The fourth-order valence-electron chi connectivity index (χ4n) is 1.93. The molecule has 2 aromatic carbocycles. The van der Waals surface area contributed by atoms with Gasteiger partial charge < -0.3 is 0 Å². The van der Waals surface area contributed by atoms with E-state index in [9.17, 15) is 0 Å². The zero-order valence-corrected chi connectivity index (χ0v) is 11.1. The molecule has 0 spiro atoms. The van der Waals surface area contributed by atoms with Gasteiger partial charge in [-0.3, -0.25) is 11.3 Å². The molecule has 0 fully saturated rings. The molecular weight excluding hydrogens is 244 g/mol. The van der Waals surface area contributed by atoms with E-state index in [1.54, 1.807) is 0 Å². The van der Waals surface area contributed by atoms with Crippen molar-refractivity contribution in [3.05, 3.63) is 70.2 Å².